The quantitative estimate of drug-likeness (QED) is 0.451. The first-order valence-corrected chi connectivity index (χ1v) is 14.3. The van der Waals surface area contributed by atoms with Crippen molar-refractivity contribution >= 4 is 17.6 Å². The van der Waals surface area contributed by atoms with Gasteiger partial charge in [0.15, 0.2) is 0 Å². The number of nitrogens with zero attached hydrogens (tertiary/aromatic N) is 4. The van der Waals surface area contributed by atoms with Crippen LogP contribution in [0, 0.1) is 0 Å². The number of anilines is 2. The van der Waals surface area contributed by atoms with E-state index in [0.717, 1.165) is 60.9 Å². The number of nitrogens with one attached hydrogen (secondary N) is 1. The highest BCUT2D eigenvalue weighted by molar-refractivity contribution is 5.76. The third-order valence-corrected chi connectivity index (χ3v) is 8.45. The summed E-state index contributed by atoms with van der Waals surface area (Å²) in [5, 5.41) is 13.7. The predicted molar refractivity (Wildman–Crippen MR) is 155 cm³/mol. The molecular weight excluding hydrogens is 502 g/mol. The minimum Gasteiger partial charge on any atom is -0.444 e. The van der Waals surface area contributed by atoms with Crippen LogP contribution in [0.3, 0.4) is 0 Å². The molecular formula is C32H39N5O3. The van der Waals surface area contributed by atoms with Crippen LogP contribution in [0.5, 0.6) is 0 Å². The summed E-state index contributed by atoms with van der Waals surface area (Å²) in [6, 6.07) is 17.0. The van der Waals surface area contributed by atoms with E-state index in [1.165, 1.54) is 11.1 Å². The monoisotopic (exact) mass is 541 g/mol. The number of fused-ring (bicyclic) bond motifs is 3. The molecule has 2 aromatic carbocycles. The maximum atomic E-state index is 12.6. The van der Waals surface area contributed by atoms with Crippen LogP contribution in [0.1, 0.15) is 80.5 Å². The first-order chi connectivity index (χ1) is 19.1. The topological polar surface area (TPSA) is 90.8 Å². The van der Waals surface area contributed by atoms with Gasteiger partial charge in [0.1, 0.15) is 17.7 Å². The summed E-state index contributed by atoms with van der Waals surface area (Å²) in [7, 11) is 0. The average molecular weight is 542 g/mol. The van der Waals surface area contributed by atoms with Gasteiger partial charge in [-0.15, -0.1) is 0 Å². The molecule has 0 saturated carbocycles. The van der Waals surface area contributed by atoms with Gasteiger partial charge in [-0.1, -0.05) is 49.4 Å². The molecule has 3 aromatic rings. The van der Waals surface area contributed by atoms with Crippen molar-refractivity contribution in [1.82, 2.24) is 20.2 Å². The molecule has 0 unspecified atom stereocenters. The summed E-state index contributed by atoms with van der Waals surface area (Å²) in [5.74, 6) is 1.07. The minimum absolute atomic E-state index is 0.116. The van der Waals surface area contributed by atoms with Crippen LogP contribution in [0.2, 0.25) is 0 Å². The Labute approximate surface area is 236 Å². The highest BCUT2D eigenvalue weighted by Gasteiger charge is 2.50. The van der Waals surface area contributed by atoms with Gasteiger partial charge in [0.2, 0.25) is 0 Å². The Morgan fingerprint density at radius 1 is 1.12 bits per heavy atom. The minimum atomic E-state index is -0.557. The maximum absolute atomic E-state index is 12.6. The zero-order valence-corrected chi connectivity index (χ0v) is 23.9. The van der Waals surface area contributed by atoms with Gasteiger partial charge in [-0.05, 0) is 68.8 Å². The van der Waals surface area contributed by atoms with Crippen LogP contribution in [0.15, 0.2) is 54.9 Å². The van der Waals surface area contributed by atoms with E-state index in [9.17, 15) is 9.90 Å². The highest BCUT2D eigenvalue weighted by atomic mass is 16.6. The fraction of sp³-hybridized carbons (Fsp3) is 0.469. The van der Waals surface area contributed by atoms with Crippen molar-refractivity contribution in [3.63, 3.8) is 0 Å². The lowest BCUT2D eigenvalue weighted by atomic mass is 9.79. The van der Waals surface area contributed by atoms with Gasteiger partial charge >= 0.3 is 6.09 Å². The summed E-state index contributed by atoms with van der Waals surface area (Å²) in [6.45, 7) is 11.8. The molecule has 1 fully saturated rings. The largest absolute Gasteiger partial charge is 0.444 e. The third-order valence-electron chi connectivity index (χ3n) is 8.45. The van der Waals surface area contributed by atoms with Crippen molar-refractivity contribution in [1.29, 1.82) is 0 Å². The second-order valence-corrected chi connectivity index (χ2v) is 12.6. The lowest BCUT2D eigenvalue weighted by Gasteiger charge is -2.28. The molecule has 8 heteroatoms. The third kappa shape index (κ3) is 4.95. The van der Waals surface area contributed by atoms with E-state index in [1.54, 1.807) is 6.33 Å². The molecule has 3 heterocycles. The normalized spacial score (nSPS) is 23.9. The van der Waals surface area contributed by atoms with Gasteiger partial charge in [-0.25, -0.2) is 14.8 Å². The smallest absolute Gasteiger partial charge is 0.407 e. The number of aliphatic hydroxyl groups excluding tert-OH is 1. The number of amides is 1. The number of likely N-dealkylation sites (tertiary alicyclic amines) is 1. The first-order valence-electron chi connectivity index (χ1n) is 14.3. The van der Waals surface area contributed by atoms with Crippen molar-refractivity contribution in [3.8, 4) is 0 Å². The molecule has 1 aliphatic carbocycles. The number of aromatic nitrogens is 2. The Morgan fingerprint density at radius 2 is 1.93 bits per heavy atom. The second-order valence-electron chi connectivity index (χ2n) is 12.6. The zero-order valence-electron chi connectivity index (χ0n) is 23.9. The standard InChI is InChI=1S/C32H39N5O3/c1-21-15-25(38)28-26(21)29(35-20-34-28)37-19-32(13-14-36(18-32)17-22-9-6-5-7-10-22)27-23(11-8-12-24(27)37)16-33-30(39)40-31(2,3)4/h5-12,20-21,25,38H,13-19H2,1-4H3,(H,33,39)/t21-,25-,32-/m1/s1. The van der Waals surface area contributed by atoms with Gasteiger partial charge < -0.3 is 20.1 Å². The fourth-order valence-corrected chi connectivity index (χ4v) is 6.89. The van der Waals surface area contributed by atoms with E-state index in [1.807, 2.05) is 20.8 Å². The van der Waals surface area contributed by atoms with E-state index < -0.39 is 17.8 Å². The zero-order chi connectivity index (χ0) is 28.1. The molecule has 1 aromatic heterocycles. The van der Waals surface area contributed by atoms with Gasteiger partial charge in [-0.3, -0.25) is 4.90 Å². The predicted octanol–water partition coefficient (Wildman–Crippen LogP) is 5.34. The van der Waals surface area contributed by atoms with Crippen LogP contribution in [-0.4, -0.2) is 51.3 Å². The number of hydrogen-bond acceptors (Lipinski definition) is 7. The second kappa shape index (κ2) is 10.2. The molecule has 1 saturated heterocycles. The average Bonchev–Trinajstić information content (AvgIpc) is 3.56. The number of aliphatic hydroxyl groups is 1. The molecule has 210 valence electrons. The molecule has 1 amide bonds. The Bertz CT molecular complexity index is 1410. The van der Waals surface area contributed by atoms with Crippen molar-refractivity contribution < 1.29 is 14.6 Å². The molecule has 8 nitrogen and oxygen atoms in total. The number of rotatable bonds is 5. The fourth-order valence-electron chi connectivity index (χ4n) is 6.89. The van der Waals surface area contributed by atoms with E-state index in [0.29, 0.717) is 13.0 Å². The number of hydrogen-bond donors (Lipinski definition) is 2. The molecule has 0 radical (unpaired) electrons. The van der Waals surface area contributed by atoms with Gasteiger partial charge in [0.25, 0.3) is 0 Å². The highest BCUT2D eigenvalue weighted by Crippen LogP contribution is 2.53. The molecule has 40 heavy (non-hydrogen) atoms. The van der Waals surface area contributed by atoms with Crippen LogP contribution in [0.25, 0.3) is 0 Å². The van der Waals surface area contributed by atoms with E-state index in [4.69, 9.17) is 9.72 Å². The molecule has 0 bridgehead atoms. The molecule has 3 aliphatic rings. The van der Waals surface area contributed by atoms with Crippen molar-refractivity contribution in [2.45, 2.75) is 76.7 Å². The molecule has 1 spiro atoms. The molecule has 6 rings (SSSR count). The number of carbonyl (C=O) groups is 1. The maximum Gasteiger partial charge on any atom is 0.407 e. The SMILES string of the molecule is C[C@@H]1C[C@@H](O)c2ncnc(N3C[C@]4(CCN(Cc5ccccc5)C4)c4c(CNC(=O)OC(C)(C)C)cccc43)c21. The summed E-state index contributed by atoms with van der Waals surface area (Å²) in [5.41, 5.74) is 5.94. The van der Waals surface area contributed by atoms with Gasteiger partial charge in [-0.2, -0.15) is 0 Å². The van der Waals surface area contributed by atoms with Crippen molar-refractivity contribution in [3.05, 3.63) is 82.8 Å². The molecule has 2 aliphatic heterocycles. The van der Waals surface area contributed by atoms with E-state index in [-0.39, 0.29) is 11.3 Å². The Balaban J connectivity index is 1.37. The van der Waals surface area contributed by atoms with Crippen LogP contribution >= 0.6 is 0 Å². The molecule has 2 N–H and O–H groups in total. The lowest BCUT2D eigenvalue weighted by Crippen LogP contribution is -2.37. The lowest BCUT2D eigenvalue weighted by molar-refractivity contribution is 0.0523. The number of benzene rings is 2. The van der Waals surface area contributed by atoms with Crippen LogP contribution in [0.4, 0.5) is 16.3 Å². The summed E-state index contributed by atoms with van der Waals surface area (Å²) in [6.07, 6.45) is 2.29. The number of alkyl carbamates (subject to hydrolysis) is 1. The van der Waals surface area contributed by atoms with Gasteiger partial charge in [0, 0.05) is 42.8 Å². The summed E-state index contributed by atoms with van der Waals surface area (Å²) >= 11 is 0. The van der Waals surface area contributed by atoms with Gasteiger partial charge in [0.05, 0.1) is 11.8 Å². The molecule has 3 atom stereocenters. The van der Waals surface area contributed by atoms with Crippen molar-refractivity contribution in [2.75, 3.05) is 24.5 Å². The van der Waals surface area contributed by atoms with E-state index in [2.05, 4.69) is 75.6 Å². The Kier molecular flexibility index (Phi) is 6.79. The van der Waals surface area contributed by atoms with E-state index >= 15 is 0 Å². The summed E-state index contributed by atoms with van der Waals surface area (Å²) < 4.78 is 5.53. The number of ether oxygens (including phenoxy) is 1. The van der Waals surface area contributed by atoms with Crippen LogP contribution in [-0.2, 0) is 23.2 Å². The Hall–Kier alpha value is -3.49. The first kappa shape index (κ1) is 26.7. The van der Waals surface area contributed by atoms with Crippen LogP contribution < -0.4 is 10.2 Å². The summed E-state index contributed by atoms with van der Waals surface area (Å²) in [4.78, 5) is 26.7. The van der Waals surface area contributed by atoms with Crippen molar-refractivity contribution in [2.24, 2.45) is 0 Å². The Morgan fingerprint density at radius 3 is 2.70 bits per heavy atom. The number of carbonyl (C=O) groups excluding carboxylic acids is 1.